The smallest absolute Gasteiger partial charge is 0.124 e. The van der Waals surface area contributed by atoms with Crippen molar-refractivity contribution < 1.29 is 4.39 Å². The van der Waals surface area contributed by atoms with E-state index in [1.165, 1.54) is 29.0 Å². The largest absolute Gasteiger partial charge is 0.236 e. The summed E-state index contributed by atoms with van der Waals surface area (Å²) in [5.74, 6) is -0.211. The van der Waals surface area contributed by atoms with Gasteiger partial charge >= 0.3 is 0 Å². The summed E-state index contributed by atoms with van der Waals surface area (Å²) in [6.07, 6.45) is 0. The zero-order valence-electron chi connectivity index (χ0n) is 9.27. The third kappa shape index (κ3) is 1.94. The molecule has 3 rings (SSSR count). The summed E-state index contributed by atoms with van der Waals surface area (Å²) in [6.45, 7) is 2.05. The van der Waals surface area contributed by atoms with Gasteiger partial charge in [-0.1, -0.05) is 29.8 Å². The summed E-state index contributed by atoms with van der Waals surface area (Å²) in [7, 11) is 0. The Kier molecular flexibility index (Phi) is 2.41. The molecule has 0 spiro atoms. The molecule has 2 aromatic carbocycles. The lowest BCUT2D eigenvalue weighted by molar-refractivity contribution is 0.630. The highest BCUT2D eigenvalue weighted by Gasteiger charge is 2.06. The first-order valence-electron chi connectivity index (χ1n) is 5.35. The van der Waals surface area contributed by atoms with Crippen molar-refractivity contribution >= 4 is 21.6 Å². The van der Waals surface area contributed by atoms with Crippen LogP contribution in [0.4, 0.5) is 4.39 Å². The van der Waals surface area contributed by atoms with E-state index in [0.29, 0.717) is 0 Å². The van der Waals surface area contributed by atoms with Crippen LogP contribution in [0.2, 0.25) is 0 Å². The molecule has 0 bridgehead atoms. The summed E-state index contributed by atoms with van der Waals surface area (Å²) < 4.78 is 14.0. The fourth-order valence-electron chi connectivity index (χ4n) is 1.72. The van der Waals surface area contributed by atoms with Gasteiger partial charge in [0.2, 0.25) is 0 Å². The zero-order chi connectivity index (χ0) is 11.8. The lowest BCUT2D eigenvalue weighted by Crippen LogP contribution is -1.76. The van der Waals surface area contributed by atoms with E-state index < -0.39 is 0 Å². The van der Waals surface area contributed by atoms with Gasteiger partial charge in [-0.25, -0.2) is 9.37 Å². The highest BCUT2D eigenvalue weighted by molar-refractivity contribution is 7.21. The number of fused-ring (bicyclic) bond motifs is 1. The molecule has 0 saturated carbocycles. The maximum atomic E-state index is 13.1. The predicted molar refractivity (Wildman–Crippen MR) is 69.8 cm³/mol. The van der Waals surface area contributed by atoms with Crippen LogP contribution in [0.3, 0.4) is 0 Å². The first-order chi connectivity index (χ1) is 8.22. The molecule has 3 heteroatoms. The van der Waals surface area contributed by atoms with Crippen molar-refractivity contribution in [1.82, 2.24) is 4.98 Å². The molecule has 0 fully saturated rings. The van der Waals surface area contributed by atoms with Crippen LogP contribution in [0.1, 0.15) is 5.56 Å². The van der Waals surface area contributed by atoms with Gasteiger partial charge in [-0.15, -0.1) is 11.3 Å². The summed E-state index contributed by atoms with van der Waals surface area (Å²) >= 11 is 1.52. The number of hydrogen-bond donors (Lipinski definition) is 0. The number of benzene rings is 2. The lowest BCUT2D eigenvalue weighted by atomic mass is 10.2. The molecule has 0 amide bonds. The number of rotatable bonds is 1. The predicted octanol–water partition coefficient (Wildman–Crippen LogP) is 4.41. The van der Waals surface area contributed by atoms with Crippen molar-refractivity contribution in [3.05, 3.63) is 53.8 Å². The monoisotopic (exact) mass is 243 g/mol. The van der Waals surface area contributed by atoms with Crippen molar-refractivity contribution in [3.63, 3.8) is 0 Å². The first kappa shape index (κ1) is 10.4. The molecule has 0 aliphatic carbocycles. The van der Waals surface area contributed by atoms with Gasteiger partial charge in [0.15, 0.2) is 0 Å². The molecule has 0 aliphatic rings. The second-order valence-corrected chi connectivity index (χ2v) is 5.03. The fraction of sp³-hybridized carbons (Fsp3) is 0.0714. The van der Waals surface area contributed by atoms with E-state index in [-0.39, 0.29) is 5.82 Å². The van der Waals surface area contributed by atoms with Crippen LogP contribution >= 0.6 is 11.3 Å². The normalized spacial score (nSPS) is 10.9. The quantitative estimate of drug-likeness (QED) is 0.617. The third-order valence-electron chi connectivity index (χ3n) is 2.65. The summed E-state index contributed by atoms with van der Waals surface area (Å²) in [5.41, 5.74) is 3.16. The molecule has 0 atom stereocenters. The molecule has 17 heavy (non-hydrogen) atoms. The van der Waals surface area contributed by atoms with Crippen LogP contribution in [0.25, 0.3) is 20.8 Å². The Balaban J connectivity index is 2.14. The number of hydrogen-bond acceptors (Lipinski definition) is 2. The van der Waals surface area contributed by atoms with Gasteiger partial charge in [0.05, 0.1) is 10.2 Å². The Morgan fingerprint density at radius 3 is 2.59 bits per heavy atom. The van der Waals surface area contributed by atoms with Crippen molar-refractivity contribution in [2.45, 2.75) is 6.92 Å². The standard InChI is InChI=1S/C14H10FNS/c1-9-2-4-10(5-3-9)14-16-12-7-6-11(15)8-13(12)17-14/h2-8H,1H3. The number of nitrogens with zero attached hydrogens (tertiary/aromatic N) is 1. The molecule has 1 nitrogen and oxygen atoms in total. The van der Waals surface area contributed by atoms with E-state index in [9.17, 15) is 4.39 Å². The minimum absolute atomic E-state index is 0.211. The third-order valence-corrected chi connectivity index (χ3v) is 3.72. The highest BCUT2D eigenvalue weighted by atomic mass is 32.1. The van der Waals surface area contributed by atoms with Gasteiger partial charge in [-0.2, -0.15) is 0 Å². The van der Waals surface area contributed by atoms with Crippen molar-refractivity contribution in [2.24, 2.45) is 0 Å². The van der Waals surface area contributed by atoms with Crippen molar-refractivity contribution in [1.29, 1.82) is 0 Å². The Hall–Kier alpha value is -1.74. The van der Waals surface area contributed by atoms with Crippen molar-refractivity contribution in [3.8, 4) is 10.6 Å². The molecule has 0 saturated heterocycles. The Morgan fingerprint density at radius 2 is 1.82 bits per heavy atom. The van der Waals surface area contributed by atoms with Gasteiger partial charge in [0.1, 0.15) is 10.8 Å². The van der Waals surface area contributed by atoms with Gasteiger partial charge in [-0.3, -0.25) is 0 Å². The summed E-state index contributed by atoms with van der Waals surface area (Å²) in [5, 5.41) is 0.936. The second kappa shape index (κ2) is 3.93. The van der Waals surface area contributed by atoms with E-state index >= 15 is 0 Å². The van der Waals surface area contributed by atoms with Crippen LogP contribution in [0.5, 0.6) is 0 Å². The molecule has 0 aliphatic heterocycles. The van der Waals surface area contributed by atoms with E-state index in [1.807, 2.05) is 12.1 Å². The number of halogens is 1. The van der Waals surface area contributed by atoms with Crippen LogP contribution in [-0.4, -0.2) is 4.98 Å². The van der Waals surface area contributed by atoms with Crippen LogP contribution < -0.4 is 0 Å². The van der Waals surface area contributed by atoms with Crippen LogP contribution in [-0.2, 0) is 0 Å². The Labute approximate surface area is 103 Å². The highest BCUT2D eigenvalue weighted by Crippen LogP contribution is 2.30. The van der Waals surface area contributed by atoms with Gasteiger partial charge in [0, 0.05) is 5.56 Å². The van der Waals surface area contributed by atoms with E-state index in [4.69, 9.17) is 0 Å². The maximum absolute atomic E-state index is 13.1. The molecule has 84 valence electrons. The number of aryl methyl sites for hydroxylation is 1. The van der Waals surface area contributed by atoms with Crippen molar-refractivity contribution in [2.75, 3.05) is 0 Å². The minimum atomic E-state index is -0.211. The fourth-order valence-corrected chi connectivity index (χ4v) is 2.71. The van der Waals surface area contributed by atoms with Gasteiger partial charge in [-0.05, 0) is 25.1 Å². The van der Waals surface area contributed by atoms with E-state index in [0.717, 1.165) is 20.8 Å². The van der Waals surface area contributed by atoms with Crippen LogP contribution in [0, 0.1) is 12.7 Å². The first-order valence-corrected chi connectivity index (χ1v) is 6.17. The molecule has 1 heterocycles. The summed E-state index contributed by atoms with van der Waals surface area (Å²) in [4.78, 5) is 4.51. The zero-order valence-corrected chi connectivity index (χ0v) is 10.1. The minimum Gasteiger partial charge on any atom is -0.236 e. The molecule has 0 unspecified atom stereocenters. The average Bonchev–Trinajstić information content (AvgIpc) is 2.72. The number of thiazole rings is 1. The Morgan fingerprint density at radius 1 is 1.06 bits per heavy atom. The average molecular weight is 243 g/mol. The SMILES string of the molecule is Cc1ccc(-c2nc3ccc(F)cc3s2)cc1. The molecule has 0 N–H and O–H groups in total. The molecular formula is C14H10FNS. The lowest BCUT2D eigenvalue weighted by Gasteiger charge is -1.95. The number of aromatic nitrogens is 1. The van der Waals surface area contributed by atoms with Gasteiger partial charge in [0.25, 0.3) is 0 Å². The molecule has 1 aromatic heterocycles. The van der Waals surface area contributed by atoms with Gasteiger partial charge < -0.3 is 0 Å². The molecule has 3 aromatic rings. The van der Waals surface area contributed by atoms with Crippen LogP contribution in [0.15, 0.2) is 42.5 Å². The molecular weight excluding hydrogens is 233 g/mol. The molecule has 0 radical (unpaired) electrons. The Bertz CT molecular complexity index is 670. The maximum Gasteiger partial charge on any atom is 0.124 e. The van der Waals surface area contributed by atoms with E-state index in [2.05, 4.69) is 24.0 Å². The second-order valence-electron chi connectivity index (χ2n) is 4.00. The topological polar surface area (TPSA) is 12.9 Å². The van der Waals surface area contributed by atoms with E-state index in [1.54, 1.807) is 6.07 Å². The summed E-state index contributed by atoms with van der Waals surface area (Å²) in [6, 6.07) is 12.9.